The summed E-state index contributed by atoms with van der Waals surface area (Å²) in [5, 5.41) is 0. The van der Waals surface area contributed by atoms with Crippen LogP contribution in [0.25, 0.3) is 62.2 Å². The zero-order chi connectivity index (χ0) is 30.9. The van der Waals surface area contributed by atoms with Gasteiger partial charge in [-0.3, -0.25) is 4.98 Å². The van der Waals surface area contributed by atoms with Gasteiger partial charge in [-0.15, -0.1) is 0 Å². The van der Waals surface area contributed by atoms with Crippen LogP contribution < -0.4 is 4.90 Å². The summed E-state index contributed by atoms with van der Waals surface area (Å²) in [7, 11) is 0. The van der Waals surface area contributed by atoms with Crippen LogP contribution >= 0.6 is 0 Å². The van der Waals surface area contributed by atoms with Gasteiger partial charge in [0, 0.05) is 34.5 Å². The molecule has 2 aromatic heterocycles. The minimum atomic E-state index is 0.0722. The lowest BCUT2D eigenvalue weighted by Gasteiger charge is -2.33. The average molecular weight is 601 g/mol. The summed E-state index contributed by atoms with van der Waals surface area (Å²) >= 11 is 0. The van der Waals surface area contributed by atoms with Crippen molar-refractivity contribution in [1.82, 2.24) is 15.0 Å². The van der Waals surface area contributed by atoms with E-state index in [4.69, 9.17) is 15.0 Å². The molecule has 4 nitrogen and oxygen atoms in total. The van der Waals surface area contributed by atoms with Crippen molar-refractivity contribution in [2.45, 2.75) is 12.0 Å². The Morgan fingerprint density at radius 1 is 0.511 bits per heavy atom. The zero-order valence-electron chi connectivity index (χ0n) is 25.5. The number of hydrogen-bond acceptors (Lipinski definition) is 4. The topological polar surface area (TPSA) is 41.9 Å². The summed E-state index contributed by atoms with van der Waals surface area (Å²) in [4.78, 5) is 17.6. The Hall–Kier alpha value is -6.13. The van der Waals surface area contributed by atoms with Crippen LogP contribution in [0.3, 0.4) is 0 Å². The Balaban J connectivity index is 1.22. The molecule has 0 saturated carbocycles. The maximum atomic E-state index is 5.22. The Bertz CT molecular complexity index is 2320. The van der Waals surface area contributed by atoms with Crippen LogP contribution in [0, 0.1) is 0 Å². The first-order chi connectivity index (χ1) is 23.3. The Morgan fingerprint density at radius 2 is 1.13 bits per heavy atom. The van der Waals surface area contributed by atoms with E-state index in [1.165, 1.54) is 44.6 Å². The molecule has 47 heavy (non-hydrogen) atoms. The molecule has 0 bridgehead atoms. The minimum Gasteiger partial charge on any atom is -0.331 e. The summed E-state index contributed by atoms with van der Waals surface area (Å²) in [6.07, 6.45) is 8.53. The SMILES string of the molecule is C1=CC2C3c4c1cccc4-c1ccccc1-c1cccc(c13)N2c1cnccc1-c1nc(-c2ccccc2)cc(-c2ccccc2)n1. The van der Waals surface area contributed by atoms with E-state index >= 15 is 0 Å². The van der Waals surface area contributed by atoms with E-state index in [1.54, 1.807) is 0 Å². The summed E-state index contributed by atoms with van der Waals surface area (Å²) < 4.78 is 0. The molecular formula is C43H28N4. The number of hydrogen-bond donors (Lipinski definition) is 0. The third kappa shape index (κ3) is 3.91. The molecule has 2 aliphatic carbocycles. The number of aromatic nitrogens is 3. The van der Waals surface area contributed by atoms with Gasteiger partial charge in [0.05, 0.1) is 29.3 Å². The van der Waals surface area contributed by atoms with E-state index in [2.05, 4.69) is 138 Å². The van der Waals surface area contributed by atoms with Gasteiger partial charge in [0.2, 0.25) is 0 Å². The van der Waals surface area contributed by atoms with Crippen molar-refractivity contribution < 1.29 is 0 Å². The van der Waals surface area contributed by atoms with Crippen LogP contribution in [0.2, 0.25) is 0 Å². The van der Waals surface area contributed by atoms with E-state index < -0.39 is 0 Å². The predicted molar refractivity (Wildman–Crippen MR) is 190 cm³/mol. The van der Waals surface area contributed by atoms with Crippen LogP contribution in [0.15, 0.2) is 152 Å². The number of fused-ring (bicyclic) bond motifs is 3. The van der Waals surface area contributed by atoms with E-state index in [0.717, 1.165) is 33.8 Å². The molecule has 10 rings (SSSR count). The lowest BCUT2D eigenvalue weighted by Crippen LogP contribution is -2.31. The minimum absolute atomic E-state index is 0.0722. The molecule has 0 N–H and O–H groups in total. The van der Waals surface area contributed by atoms with Gasteiger partial charge in [-0.05, 0) is 57.1 Å². The summed E-state index contributed by atoms with van der Waals surface area (Å²) in [6.45, 7) is 0. The van der Waals surface area contributed by atoms with Gasteiger partial charge in [0.15, 0.2) is 5.82 Å². The van der Waals surface area contributed by atoms with Gasteiger partial charge in [-0.1, -0.05) is 127 Å². The first-order valence-electron chi connectivity index (χ1n) is 16.1. The molecule has 0 amide bonds. The normalized spacial score (nSPS) is 16.4. The van der Waals surface area contributed by atoms with Crippen LogP contribution in [0.5, 0.6) is 0 Å². The molecule has 0 saturated heterocycles. The smallest absolute Gasteiger partial charge is 0.162 e. The molecule has 2 atom stereocenters. The van der Waals surface area contributed by atoms with E-state index in [-0.39, 0.29) is 12.0 Å². The predicted octanol–water partition coefficient (Wildman–Crippen LogP) is 10.2. The lowest BCUT2D eigenvalue weighted by molar-refractivity contribution is 0.727. The molecular weight excluding hydrogens is 573 g/mol. The fourth-order valence-electron chi connectivity index (χ4n) is 7.92. The maximum Gasteiger partial charge on any atom is 0.162 e. The number of nitrogens with zero attached hydrogens (tertiary/aromatic N) is 4. The highest BCUT2D eigenvalue weighted by Crippen LogP contribution is 2.59. The molecule has 3 heterocycles. The fourth-order valence-corrected chi connectivity index (χ4v) is 7.92. The van der Waals surface area contributed by atoms with Crippen LogP contribution in [0.1, 0.15) is 22.6 Å². The summed E-state index contributed by atoms with van der Waals surface area (Å²) in [6, 6.07) is 47.3. The second kappa shape index (κ2) is 10.2. The molecule has 0 fully saturated rings. The Morgan fingerprint density at radius 3 is 1.83 bits per heavy atom. The van der Waals surface area contributed by atoms with Crippen molar-refractivity contribution >= 4 is 17.5 Å². The highest BCUT2D eigenvalue weighted by atomic mass is 15.2. The molecule has 4 heteroatoms. The first-order valence-corrected chi connectivity index (χ1v) is 16.1. The molecule has 2 unspecified atom stereocenters. The van der Waals surface area contributed by atoms with Gasteiger partial charge in [0.25, 0.3) is 0 Å². The van der Waals surface area contributed by atoms with Crippen molar-refractivity contribution in [1.29, 1.82) is 0 Å². The maximum absolute atomic E-state index is 5.22. The van der Waals surface area contributed by atoms with Gasteiger partial charge >= 0.3 is 0 Å². The van der Waals surface area contributed by atoms with Gasteiger partial charge in [-0.2, -0.15) is 0 Å². The third-order valence-corrected chi connectivity index (χ3v) is 9.89. The molecule has 3 aliphatic rings. The second-order valence-corrected chi connectivity index (χ2v) is 12.4. The highest BCUT2D eigenvalue weighted by Gasteiger charge is 2.46. The molecule has 0 radical (unpaired) electrons. The quantitative estimate of drug-likeness (QED) is 0.202. The largest absolute Gasteiger partial charge is 0.331 e. The van der Waals surface area contributed by atoms with Crippen molar-refractivity contribution in [2.75, 3.05) is 4.90 Å². The zero-order valence-corrected chi connectivity index (χ0v) is 25.5. The van der Waals surface area contributed by atoms with Crippen LogP contribution in [-0.4, -0.2) is 21.0 Å². The average Bonchev–Trinajstić information content (AvgIpc) is 3.43. The molecule has 1 aliphatic heterocycles. The molecule has 5 aromatic carbocycles. The van der Waals surface area contributed by atoms with Gasteiger partial charge in [0.1, 0.15) is 0 Å². The number of rotatable bonds is 4. The van der Waals surface area contributed by atoms with Crippen molar-refractivity contribution in [3.05, 3.63) is 169 Å². The number of pyridine rings is 1. The van der Waals surface area contributed by atoms with Crippen molar-refractivity contribution in [3.63, 3.8) is 0 Å². The van der Waals surface area contributed by atoms with E-state index in [1.807, 2.05) is 24.5 Å². The van der Waals surface area contributed by atoms with Gasteiger partial charge in [-0.25, -0.2) is 9.97 Å². The summed E-state index contributed by atoms with van der Waals surface area (Å²) in [5.74, 6) is 0.858. The van der Waals surface area contributed by atoms with Crippen molar-refractivity contribution in [2.24, 2.45) is 0 Å². The van der Waals surface area contributed by atoms with Crippen molar-refractivity contribution in [3.8, 4) is 56.2 Å². The summed E-state index contributed by atoms with van der Waals surface area (Å²) in [5.41, 5.74) is 16.3. The number of benzene rings is 5. The third-order valence-electron chi connectivity index (χ3n) is 9.89. The molecule has 7 aromatic rings. The monoisotopic (exact) mass is 600 g/mol. The fraction of sp³-hybridized carbons (Fsp3) is 0.0465. The Kier molecular flexibility index (Phi) is 5.67. The van der Waals surface area contributed by atoms with E-state index in [9.17, 15) is 0 Å². The number of anilines is 2. The lowest BCUT2D eigenvalue weighted by atomic mass is 9.78. The van der Waals surface area contributed by atoms with Crippen LogP contribution in [0.4, 0.5) is 11.4 Å². The molecule has 0 spiro atoms. The van der Waals surface area contributed by atoms with Gasteiger partial charge < -0.3 is 4.90 Å². The first kappa shape index (κ1) is 26.1. The molecule has 220 valence electrons. The standard InChI is InChI=1S/C43H28N4/c1-3-11-27(12-4-1)35-25-36(28-13-5-2-6-14-28)46-43(45-35)34-23-24-44-26-39(34)47-37-20-10-19-33-31-17-8-7-16-30(31)32-18-9-15-29-21-22-38(47)42(40(29)32)41(33)37/h1-26,38,42H. The van der Waals surface area contributed by atoms with E-state index in [0.29, 0.717) is 5.82 Å². The second-order valence-electron chi connectivity index (χ2n) is 12.4. The van der Waals surface area contributed by atoms with Crippen LogP contribution in [-0.2, 0) is 0 Å². The highest BCUT2D eigenvalue weighted by molar-refractivity contribution is 5.98. The Labute approximate surface area is 273 Å².